The van der Waals surface area contributed by atoms with Gasteiger partial charge >= 0.3 is 11.9 Å². The lowest BCUT2D eigenvalue weighted by molar-refractivity contribution is -0.132. The monoisotopic (exact) mass is 309 g/mol. The smallest absolute Gasteiger partial charge is 0.308 e. The number of benzene rings is 1. The Kier molecular flexibility index (Phi) is 6.02. The molecule has 0 heterocycles. The highest BCUT2D eigenvalue weighted by molar-refractivity contribution is 5.97. The zero-order chi connectivity index (χ0) is 16.7. The first kappa shape index (κ1) is 17.1. The number of esters is 2. The van der Waals surface area contributed by atoms with Gasteiger partial charge in [0.05, 0.1) is 6.54 Å². The second-order valence-electron chi connectivity index (χ2n) is 4.13. The molecule has 1 rings (SSSR count). The summed E-state index contributed by atoms with van der Waals surface area (Å²) < 4.78 is 9.73. The van der Waals surface area contributed by atoms with E-state index < -0.39 is 23.8 Å². The van der Waals surface area contributed by atoms with E-state index in [2.05, 4.69) is 5.32 Å². The lowest BCUT2D eigenvalue weighted by Gasteiger charge is -2.09. The van der Waals surface area contributed by atoms with Crippen molar-refractivity contribution in [3.8, 4) is 11.5 Å². The van der Waals surface area contributed by atoms with E-state index in [1.54, 1.807) is 0 Å². The van der Waals surface area contributed by atoms with Crippen LogP contribution in [0, 0.1) is 0 Å². The third kappa shape index (κ3) is 5.59. The summed E-state index contributed by atoms with van der Waals surface area (Å²) in [7, 11) is 0. The average Bonchev–Trinajstić information content (AvgIpc) is 2.42. The van der Waals surface area contributed by atoms with Crippen molar-refractivity contribution in [2.24, 2.45) is 5.84 Å². The summed E-state index contributed by atoms with van der Waals surface area (Å²) in [6, 6.07) is 3.82. The molecule has 9 nitrogen and oxygen atoms in total. The number of nitrogens with one attached hydrogen (secondary N) is 2. The lowest BCUT2D eigenvalue weighted by Crippen LogP contribution is -2.40. The Morgan fingerprint density at radius 1 is 1.00 bits per heavy atom. The molecule has 0 saturated heterocycles. The Morgan fingerprint density at radius 2 is 1.50 bits per heavy atom. The summed E-state index contributed by atoms with van der Waals surface area (Å²) in [6.45, 7) is 2.03. The number of carbonyl (C=O) groups is 4. The van der Waals surface area contributed by atoms with Gasteiger partial charge in [-0.05, 0) is 12.1 Å². The van der Waals surface area contributed by atoms with Crippen LogP contribution in [0.4, 0.5) is 0 Å². The van der Waals surface area contributed by atoms with E-state index in [1.165, 1.54) is 32.0 Å². The molecule has 0 unspecified atom stereocenters. The molecule has 0 radical (unpaired) electrons. The van der Waals surface area contributed by atoms with Crippen LogP contribution >= 0.6 is 0 Å². The van der Waals surface area contributed by atoms with Crippen LogP contribution in [-0.4, -0.2) is 30.3 Å². The fourth-order valence-corrected chi connectivity index (χ4v) is 1.47. The molecule has 118 valence electrons. The van der Waals surface area contributed by atoms with Crippen molar-refractivity contribution < 1.29 is 28.7 Å². The van der Waals surface area contributed by atoms with Gasteiger partial charge in [-0.3, -0.25) is 24.6 Å². The lowest BCUT2D eigenvalue weighted by atomic mass is 10.2. The number of hydrogen-bond acceptors (Lipinski definition) is 7. The zero-order valence-corrected chi connectivity index (χ0v) is 12.0. The van der Waals surface area contributed by atoms with E-state index in [1.807, 2.05) is 5.43 Å². The van der Waals surface area contributed by atoms with Gasteiger partial charge in [0.15, 0.2) is 0 Å². The van der Waals surface area contributed by atoms with Crippen molar-refractivity contribution in [1.82, 2.24) is 10.7 Å². The number of rotatable bonds is 5. The number of amides is 2. The summed E-state index contributed by atoms with van der Waals surface area (Å²) >= 11 is 0. The van der Waals surface area contributed by atoms with Crippen LogP contribution in [-0.2, 0) is 14.4 Å². The van der Waals surface area contributed by atoms with Crippen molar-refractivity contribution in [3.63, 3.8) is 0 Å². The Labute approximate surface area is 125 Å². The first-order valence-corrected chi connectivity index (χ1v) is 6.11. The summed E-state index contributed by atoms with van der Waals surface area (Å²) in [4.78, 5) is 44.9. The third-order valence-electron chi connectivity index (χ3n) is 2.24. The number of carbonyl (C=O) groups excluding carboxylic acids is 4. The molecular weight excluding hydrogens is 294 g/mol. The predicted molar refractivity (Wildman–Crippen MR) is 73.7 cm³/mol. The first-order valence-electron chi connectivity index (χ1n) is 6.11. The van der Waals surface area contributed by atoms with Crippen LogP contribution in [0.1, 0.15) is 24.2 Å². The first-order chi connectivity index (χ1) is 10.3. The second kappa shape index (κ2) is 7.74. The second-order valence-corrected chi connectivity index (χ2v) is 4.13. The largest absolute Gasteiger partial charge is 0.427 e. The quantitative estimate of drug-likeness (QED) is 0.214. The summed E-state index contributed by atoms with van der Waals surface area (Å²) in [5, 5.41) is 2.30. The summed E-state index contributed by atoms with van der Waals surface area (Å²) in [5.41, 5.74) is 1.90. The molecule has 22 heavy (non-hydrogen) atoms. The molecule has 0 aromatic heterocycles. The van der Waals surface area contributed by atoms with E-state index in [0.717, 1.165) is 0 Å². The Hall–Kier alpha value is -2.94. The highest BCUT2D eigenvalue weighted by Gasteiger charge is 2.13. The van der Waals surface area contributed by atoms with Gasteiger partial charge < -0.3 is 14.8 Å². The Morgan fingerprint density at radius 3 is 1.91 bits per heavy atom. The number of hydrazine groups is 1. The molecule has 0 fully saturated rings. The molecule has 0 aliphatic rings. The maximum atomic E-state index is 11.9. The van der Waals surface area contributed by atoms with E-state index in [0.29, 0.717) is 0 Å². The molecule has 0 spiro atoms. The highest BCUT2D eigenvalue weighted by atomic mass is 16.5. The summed E-state index contributed by atoms with van der Waals surface area (Å²) in [6.07, 6.45) is 0. The van der Waals surface area contributed by atoms with Crippen molar-refractivity contribution in [1.29, 1.82) is 0 Å². The number of hydrogen-bond donors (Lipinski definition) is 3. The normalized spacial score (nSPS) is 9.59. The van der Waals surface area contributed by atoms with Crippen LogP contribution < -0.4 is 26.1 Å². The van der Waals surface area contributed by atoms with Gasteiger partial charge in [0, 0.05) is 25.5 Å². The maximum absolute atomic E-state index is 11.9. The third-order valence-corrected chi connectivity index (χ3v) is 2.24. The van der Waals surface area contributed by atoms with Gasteiger partial charge in [0.2, 0.25) is 0 Å². The van der Waals surface area contributed by atoms with Crippen molar-refractivity contribution in [3.05, 3.63) is 23.8 Å². The minimum absolute atomic E-state index is 0.0275. The molecule has 0 saturated carbocycles. The van der Waals surface area contributed by atoms with Gasteiger partial charge in [-0.25, -0.2) is 5.84 Å². The molecule has 0 bridgehead atoms. The van der Waals surface area contributed by atoms with Crippen LogP contribution in [0.3, 0.4) is 0 Å². The van der Waals surface area contributed by atoms with E-state index in [4.69, 9.17) is 15.3 Å². The fourth-order valence-electron chi connectivity index (χ4n) is 1.47. The highest BCUT2D eigenvalue weighted by Crippen LogP contribution is 2.23. The summed E-state index contributed by atoms with van der Waals surface area (Å²) in [5.74, 6) is 2.51. The molecular formula is C13H15N3O6. The molecule has 9 heteroatoms. The van der Waals surface area contributed by atoms with Gasteiger partial charge in [-0.1, -0.05) is 0 Å². The van der Waals surface area contributed by atoms with Crippen LogP contribution in [0.25, 0.3) is 0 Å². The van der Waals surface area contributed by atoms with Gasteiger partial charge in [0.1, 0.15) is 11.5 Å². The van der Waals surface area contributed by atoms with E-state index in [-0.39, 0.29) is 23.6 Å². The van der Waals surface area contributed by atoms with Gasteiger partial charge in [-0.15, -0.1) is 0 Å². The van der Waals surface area contributed by atoms with Crippen LogP contribution in [0.2, 0.25) is 0 Å². The van der Waals surface area contributed by atoms with Crippen LogP contribution in [0.5, 0.6) is 11.5 Å². The molecule has 0 aliphatic heterocycles. The average molecular weight is 309 g/mol. The minimum Gasteiger partial charge on any atom is -0.427 e. The molecule has 1 aromatic rings. The standard InChI is InChI=1S/C13H15N3O6/c1-7(17)21-10-3-9(4-11(5-10)22-8(2)18)13(20)15-6-12(19)16-14/h3-5H,6,14H2,1-2H3,(H,15,20)(H,16,19). The van der Waals surface area contributed by atoms with E-state index >= 15 is 0 Å². The molecule has 0 atom stereocenters. The number of ether oxygens (including phenoxy) is 2. The fraction of sp³-hybridized carbons (Fsp3) is 0.231. The number of nitrogens with two attached hydrogens (primary N) is 1. The van der Waals surface area contributed by atoms with Gasteiger partial charge in [0.25, 0.3) is 11.8 Å². The van der Waals surface area contributed by atoms with E-state index in [9.17, 15) is 19.2 Å². The SMILES string of the molecule is CC(=O)Oc1cc(OC(C)=O)cc(C(=O)NCC(=O)NN)c1. The minimum atomic E-state index is -0.633. The van der Waals surface area contributed by atoms with Crippen molar-refractivity contribution in [2.45, 2.75) is 13.8 Å². The predicted octanol–water partition coefficient (Wildman–Crippen LogP) is -0.743. The van der Waals surface area contributed by atoms with Crippen molar-refractivity contribution in [2.75, 3.05) is 6.54 Å². The zero-order valence-electron chi connectivity index (χ0n) is 12.0. The van der Waals surface area contributed by atoms with Crippen molar-refractivity contribution >= 4 is 23.8 Å². The van der Waals surface area contributed by atoms with Crippen LogP contribution in [0.15, 0.2) is 18.2 Å². The molecule has 2 amide bonds. The Balaban J connectivity index is 3.00. The maximum Gasteiger partial charge on any atom is 0.308 e. The molecule has 0 aliphatic carbocycles. The molecule has 1 aromatic carbocycles. The van der Waals surface area contributed by atoms with Gasteiger partial charge in [-0.2, -0.15) is 0 Å². The molecule has 4 N–H and O–H groups in total. The Bertz CT molecular complexity index is 580. The topological polar surface area (TPSA) is 137 Å².